The molecule has 0 unspecified atom stereocenters. The minimum atomic E-state index is -3.34. The molecular formula is C26H4BF15O3. The maximum absolute atomic E-state index is 14.9. The lowest BCUT2D eigenvalue weighted by atomic mass is 10.0. The Hall–Kier alpha value is -4.97. The lowest BCUT2D eigenvalue weighted by molar-refractivity contribution is 0.273. The summed E-state index contributed by atoms with van der Waals surface area (Å²) in [6.07, 6.45) is 0. The second kappa shape index (κ2) is 11.2. The van der Waals surface area contributed by atoms with Crippen LogP contribution in [0.25, 0.3) is 21.5 Å². The van der Waals surface area contributed by atoms with Crippen molar-refractivity contribution in [2.45, 2.75) is 0 Å². The van der Waals surface area contributed by atoms with Gasteiger partial charge in [-0.05, 0) is 24.3 Å². The molecule has 5 aromatic carbocycles. The van der Waals surface area contributed by atoms with Gasteiger partial charge in [0.25, 0.3) is 0 Å². The Morgan fingerprint density at radius 2 is 0.756 bits per heavy atom. The number of fused-ring (bicyclic) bond motifs is 2. The topological polar surface area (TPSA) is 27.7 Å². The van der Waals surface area contributed by atoms with Crippen molar-refractivity contribution in [1.82, 2.24) is 0 Å². The molecule has 0 fully saturated rings. The van der Waals surface area contributed by atoms with Gasteiger partial charge >= 0.3 is 7.32 Å². The van der Waals surface area contributed by atoms with Crippen LogP contribution in [0, 0.1) is 87.3 Å². The Bertz CT molecular complexity index is 2030. The molecule has 0 atom stereocenters. The molecule has 19 heteroatoms. The summed E-state index contributed by atoms with van der Waals surface area (Å²) in [7, 11) is -3.34. The second-order valence-corrected chi connectivity index (χ2v) is 8.65. The highest BCUT2D eigenvalue weighted by Gasteiger charge is 2.40. The van der Waals surface area contributed by atoms with Gasteiger partial charge in [-0.3, -0.25) is 0 Å². The molecule has 45 heavy (non-hydrogen) atoms. The molecule has 5 rings (SSSR count). The van der Waals surface area contributed by atoms with E-state index in [1.807, 2.05) is 0 Å². The average molecular weight is 660 g/mol. The maximum atomic E-state index is 14.9. The van der Waals surface area contributed by atoms with Gasteiger partial charge in [-0.15, -0.1) is 0 Å². The summed E-state index contributed by atoms with van der Waals surface area (Å²) in [5, 5.41) is -6.21. The quantitative estimate of drug-likeness (QED) is 0.0791. The number of rotatable bonds is 6. The molecule has 0 N–H and O–H groups in total. The van der Waals surface area contributed by atoms with Crippen molar-refractivity contribution in [3.8, 4) is 17.2 Å². The Kier molecular flexibility index (Phi) is 7.82. The highest BCUT2D eigenvalue weighted by molar-refractivity contribution is 6.40. The van der Waals surface area contributed by atoms with Gasteiger partial charge < -0.3 is 14.0 Å². The molecule has 0 spiro atoms. The first-order valence-electron chi connectivity index (χ1n) is 11.5. The van der Waals surface area contributed by atoms with E-state index in [2.05, 4.69) is 9.31 Å². The van der Waals surface area contributed by atoms with Crippen LogP contribution in [0.4, 0.5) is 65.9 Å². The fourth-order valence-corrected chi connectivity index (χ4v) is 4.05. The molecule has 0 saturated heterocycles. The van der Waals surface area contributed by atoms with Crippen LogP contribution >= 0.6 is 0 Å². The Balaban J connectivity index is 1.77. The predicted molar refractivity (Wildman–Crippen MR) is 121 cm³/mol. The molecule has 234 valence electrons. The summed E-state index contributed by atoms with van der Waals surface area (Å²) >= 11 is 0. The highest BCUT2D eigenvalue weighted by Crippen LogP contribution is 2.40. The molecule has 0 bridgehead atoms. The molecule has 0 amide bonds. The van der Waals surface area contributed by atoms with Gasteiger partial charge in [-0.1, -0.05) is 0 Å². The number of benzene rings is 5. The van der Waals surface area contributed by atoms with E-state index in [1.165, 1.54) is 0 Å². The smallest absolute Gasteiger partial charge is 0.489 e. The van der Waals surface area contributed by atoms with Crippen LogP contribution in [0.3, 0.4) is 0 Å². The van der Waals surface area contributed by atoms with E-state index in [4.69, 9.17) is 4.65 Å². The van der Waals surface area contributed by atoms with Crippen molar-refractivity contribution < 1.29 is 79.8 Å². The molecule has 0 aliphatic heterocycles. The fourth-order valence-electron chi connectivity index (χ4n) is 4.05. The van der Waals surface area contributed by atoms with E-state index < -0.39 is 133 Å². The predicted octanol–water partition coefficient (Wildman–Crippen LogP) is 8.60. The van der Waals surface area contributed by atoms with E-state index in [0.717, 1.165) is 0 Å². The molecule has 0 aromatic heterocycles. The average Bonchev–Trinajstić information content (AvgIpc) is 3.01. The van der Waals surface area contributed by atoms with Gasteiger partial charge in [0.2, 0.25) is 34.9 Å². The number of hydrogen-bond donors (Lipinski definition) is 0. The highest BCUT2D eigenvalue weighted by atomic mass is 19.2. The monoisotopic (exact) mass is 660 g/mol. The van der Waals surface area contributed by atoms with Crippen molar-refractivity contribution in [2.75, 3.05) is 0 Å². The SMILES string of the molecule is Fc1ccc2c(OB(Oc3c(F)c(F)c(F)c(F)c3F)Oc3c(F)c(F)c(F)c4c(F)c(F)c(F)c(F)c34)ccc(F)c2c1F. The Morgan fingerprint density at radius 1 is 0.333 bits per heavy atom. The van der Waals surface area contributed by atoms with Crippen LogP contribution in [0.2, 0.25) is 0 Å². The molecule has 0 heterocycles. The van der Waals surface area contributed by atoms with E-state index in [1.54, 1.807) is 0 Å². The van der Waals surface area contributed by atoms with Crippen LogP contribution < -0.4 is 14.0 Å². The van der Waals surface area contributed by atoms with Crippen LogP contribution in [-0.2, 0) is 0 Å². The molecule has 0 aliphatic rings. The van der Waals surface area contributed by atoms with Crippen molar-refractivity contribution in [3.05, 3.63) is 112 Å². The van der Waals surface area contributed by atoms with Gasteiger partial charge in [0.1, 0.15) is 11.6 Å². The molecule has 0 radical (unpaired) electrons. The summed E-state index contributed by atoms with van der Waals surface area (Å²) in [5.74, 6) is -43.0. The summed E-state index contributed by atoms with van der Waals surface area (Å²) in [5.41, 5.74) is 0. The zero-order valence-corrected chi connectivity index (χ0v) is 20.8. The van der Waals surface area contributed by atoms with E-state index in [9.17, 15) is 65.9 Å². The normalized spacial score (nSPS) is 11.4. The largest absolute Gasteiger partial charge is 0.864 e. The van der Waals surface area contributed by atoms with E-state index in [0.29, 0.717) is 24.3 Å². The zero-order valence-electron chi connectivity index (χ0n) is 20.8. The van der Waals surface area contributed by atoms with Gasteiger partial charge in [-0.25, -0.2) is 52.7 Å². The van der Waals surface area contributed by atoms with Crippen LogP contribution in [0.15, 0.2) is 24.3 Å². The molecular weight excluding hydrogens is 656 g/mol. The van der Waals surface area contributed by atoms with Crippen molar-refractivity contribution in [3.63, 3.8) is 0 Å². The lowest BCUT2D eigenvalue weighted by Crippen LogP contribution is -2.38. The zero-order chi connectivity index (χ0) is 33.2. The summed E-state index contributed by atoms with van der Waals surface area (Å²) in [4.78, 5) is 0. The molecule has 3 nitrogen and oxygen atoms in total. The van der Waals surface area contributed by atoms with Crippen molar-refractivity contribution >= 4 is 28.9 Å². The van der Waals surface area contributed by atoms with Gasteiger partial charge in [-0.2, -0.15) is 13.2 Å². The second-order valence-electron chi connectivity index (χ2n) is 8.65. The minimum Gasteiger partial charge on any atom is -0.489 e. The third-order valence-electron chi connectivity index (χ3n) is 6.10. The van der Waals surface area contributed by atoms with Gasteiger partial charge in [0.15, 0.2) is 58.0 Å². The Morgan fingerprint density at radius 3 is 1.33 bits per heavy atom. The minimum absolute atomic E-state index is 0.358. The Labute approximate surface area is 238 Å². The first-order valence-corrected chi connectivity index (χ1v) is 11.5. The number of hydrogen-bond acceptors (Lipinski definition) is 3. The summed E-state index contributed by atoms with van der Waals surface area (Å²) in [6.45, 7) is 0. The first-order chi connectivity index (χ1) is 21.1. The lowest BCUT2D eigenvalue weighted by Gasteiger charge is -2.20. The van der Waals surface area contributed by atoms with Gasteiger partial charge in [0.05, 0.1) is 16.2 Å². The van der Waals surface area contributed by atoms with Crippen LogP contribution in [0.1, 0.15) is 0 Å². The van der Waals surface area contributed by atoms with Gasteiger partial charge in [0, 0.05) is 5.39 Å². The van der Waals surface area contributed by atoms with Crippen molar-refractivity contribution in [2.24, 2.45) is 0 Å². The fraction of sp³-hybridized carbons (Fsp3) is 0. The third kappa shape index (κ3) is 4.85. The number of halogens is 15. The van der Waals surface area contributed by atoms with Crippen LogP contribution in [-0.4, -0.2) is 7.32 Å². The van der Waals surface area contributed by atoms with Crippen LogP contribution in [0.5, 0.6) is 17.2 Å². The molecule has 0 aliphatic carbocycles. The van der Waals surface area contributed by atoms with E-state index in [-0.39, 0.29) is 0 Å². The third-order valence-corrected chi connectivity index (χ3v) is 6.10. The molecule has 5 aromatic rings. The van der Waals surface area contributed by atoms with Crippen molar-refractivity contribution in [1.29, 1.82) is 0 Å². The first kappa shape index (κ1) is 31.5. The standard InChI is InChI=1S/C26H4BF15O3/c28-6-3-4-8(5-1-2-7(29)12(30)9(5)6)43-27(45-26-23(41)20(38)19(37)21(39)24(26)42)44-25-11-10(14(32)18(36)22(25)40)13(31)16(34)17(35)15(11)33/h1-4H. The van der Waals surface area contributed by atoms with E-state index >= 15 is 0 Å². The molecule has 0 saturated carbocycles. The summed E-state index contributed by atoms with van der Waals surface area (Å²) in [6, 6.07) is 1.85. The summed E-state index contributed by atoms with van der Waals surface area (Å²) < 4.78 is 227. The maximum Gasteiger partial charge on any atom is 0.864 e.